The second kappa shape index (κ2) is 6.73. The first kappa shape index (κ1) is 13.3. The van der Waals surface area contributed by atoms with Crippen LogP contribution in [0.5, 0.6) is 0 Å². The third-order valence-electron chi connectivity index (χ3n) is 2.25. The molecular weight excluding hydrogens is 218 g/mol. The second-order valence-corrected chi connectivity index (χ2v) is 3.75. The van der Waals surface area contributed by atoms with E-state index in [4.69, 9.17) is 0 Å². The van der Waals surface area contributed by atoms with Crippen molar-refractivity contribution in [2.45, 2.75) is 26.3 Å². The highest BCUT2D eigenvalue weighted by molar-refractivity contribution is 5.78. The minimum Gasteiger partial charge on any atom is -0.467 e. The fraction of sp³-hybridized carbons (Fsp3) is 0.500. The summed E-state index contributed by atoms with van der Waals surface area (Å²) in [6.45, 7) is 4.73. The van der Waals surface area contributed by atoms with E-state index in [0.717, 1.165) is 24.5 Å². The molecule has 0 saturated carbocycles. The number of hydrogen-bond donors (Lipinski definition) is 2. The van der Waals surface area contributed by atoms with E-state index in [0.29, 0.717) is 0 Å². The van der Waals surface area contributed by atoms with Crippen LogP contribution in [-0.2, 0) is 9.53 Å². The van der Waals surface area contributed by atoms with Gasteiger partial charge in [-0.25, -0.2) is 9.78 Å². The van der Waals surface area contributed by atoms with Gasteiger partial charge in [-0.1, -0.05) is 6.92 Å². The molecule has 94 valence electrons. The quantitative estimate of drug-likeness (QED) is 0.740. The number of anilines is 2. The molecular formula is C12H19N3O2. The average molecular weight is 237 g/mol. The molecule has 1 unspecified atom stereocenters. The first-order valence-electron chi connectivity index (χ1n) is 5.71. The molecule has 1 atom stereocenters. The van der Waals surface area contributed by atoms with Crippen LogP contribution in [0, 0.1) is 0 Å². The number of ether oxygens (including phenoxy) is 1. The van der Waals surface area contributed by atoms with Crippen LogP contribution >= 0.6 is 0 Å². The maximum absolute atomic E-state index is 11.3. The van der Waals surface area contributed by atoms with Crippen LogP contribution in [0.25, 0.3) is 0 Å². The Morgan fingerprint density at radius 1 is 1.59 bits per heavy atom. The van der Waals surface area contributed by atoms with Crippen LogP contribution in [-0.4, -0.2) is 30.6 Å². The molecule has 2 N–H and O–H groups in total. The number of methoxy groups -OCH3 is 1. The predicted molar refractivity (Wildman–Crippen MR) is 68.1 cm³/mol. The summed E-state index contributed by atoms with van der Waals surface area (Å²) in [5, 5.41) is 6.24. The van der Waals surface area contributed by atoms with E-state index in [2.05, 4.69) is 27.3 Å². The molecule has 0 aliphatic heterocycles. The number of nitrogens with zero attached hydrogens (tertiary/aromatic N) is 1. The minimum absolute atomic E-state index is 0.287. The lowest BCUT2D eigenvalue weighted by molar-refractivity contribution is -0.141. The highest BCUT2D eigenvalue weighted by Crippen LogP contribution is 2.13. The highest BCUT2D eigenvalue weighted by Gasteiger charge is 2.12. The summed E-state index contributed by atoms with van der Waals surface area (Å²) in [7, 11) is 1.38. The predicted octanol–water partition coefficient (Wildman–Crippen LogP) is 1.88. The van der Waals surface area contributed by atoms with Gasteiger partial charge in [-0.05, 0) is 19.4 Å². The molecule has 0 amide bonds. The molecule has 1 heterocycles. The second-order valence-electron chi connectivity index (χ2n) is 3.75. The number of pyridine rings is 1. The van der Waals surface area contributed by atoms with Crippen molar-refractivity contribution in [2.24, 2.45) is 0 Å². The van der Waals surface area contributed by atoms with Crippen molar-refractivity contribution in [1.82, 2.24) is 4.98 Å². The van der Waals surface area contributed by atoms with Gasteiger partial charge in [0, 0.05) is 24.5 Å². The Bertz CT molecular complexity index is 369. The number of aromatic nitrogens is 1. The van der Waals surface area contributed by atoms with Crippen LogP contribution in [0.2, 0.25) is 0 Å². The van der Waals surface area contributed by atoms with E-state index in [1.807, 2.05) is 12.1 Å². The van der Waals surface area contributed by atoms with Gasteiger partial charge in [-0.2, -0.15) is 0 Å². The van der Waals surface area contributed by atoms with Crippen LogP contribution in [0.1, 0.15) is 20.3 Å². The Morgan fingerprint density at radius 3 is 3.00 bits per heavy atom. The van der Waals surface area contributed by atoms with E-state index in [9.17, 15) is 4.79 Å². The van der Waals surface area contributed by atoms with Gasteiger partial charge in [0.2, 0.25) is 0 Å². The first-order chi connectivity index (χ1) is 8.17. The molecule has 0 fully saturated rings. The van der Waals surface area contributed by atoms with Gasteiger partial charge >= 0.3 is 5.97 Å². The molecule has 0 spiro atoms. The van der Waals surface area contributed by atoms with Gasteiger partial charge in [0.1, 0.15) is 11.9 Å². The van der Waals surface area contributed by atoms with Crippen molar-refractivity contribution in [3.8, 4) is 0 Å². The number of rotatable bonds is 6. The third-order valence-corrected chi connectivity index (χ3v) is 2.25. The molecule has 1 aromatic rings. The number of carbonyl (C=O) groups excluding carboxylic acids is 1. The normalized spacial score (nSPS) is 11.7. The van der Waals surface area contributed by atoms with Crippen LogP contribution in [0.3, 0.4) is 0 Å². The first-order valence-corrected chi connectivity index (χ1v) is 5.71. The zero-order valence-corrected chi connectivity index (χ0v) is 10.5. The van der Waals surface area contributed by atoms with Crippen LogP contribution in [0.4, 0.5) is 11.5 Å². The average Bonchev–Trinajstić information content (AvgIpc) is 2.35. The zero-order chi connectivity index (χ0) is 12.7. The summed E-state index contributed by atoms with van der Waals surface area (Å²) in [4.78, 5) is 15.4. The van der Waals surface area contributed by atoms with Gasteiger partial charge in [0.25, 0.3) is 0 Å². The summed E-state index contributed by atoms with van der Waals surface area (Å²) in [5.74, 6) is 0.513. The number of carbonyl (C=O) groups is 1. The van der Waals surface area contributed by atoms with Gasteiger partial charge in [-0.15, -0.1) is 0 Å². The summed E-state index contributed by atoms with van der Waals surface area (Å²) in [6, 6.07) is 3.31. The molecule has 0 saturated heterocycles. The van der Waals surface area contributed by atoms with Crippen molar-refractivity contribution in [2.75, 3.05) is 24.3 Å². The van der Waals surface area contributed by atoms with Crippen molar-refractivity contribution < 1.29 is 9.53 Å². The molecule has 0 bridgehead atoms. The zero-order valence-electron chi connectivity index (χ0n) is 10.5. The van der Waals surface area contributed by atoms with Crippen LogP contribution < -0.4 is 10.6 Å². The molecule has 5 nitrogen and oxygen atoms in total. The molecule has 0 aliphatic carbocycles. The number of nitrogens with one attached hydrogen (secondary N) is 2. The van der Waals surface area contributed by atoms with Crippen molar-refractivity contribution in [3.05, 3.63) is 18.3 Å². The van der Waals surface area contributed by atoms with Gasteiger partial charge in [0.15, 0.2) is 0 Å². The molecule has 17 heavy (non-hydrogen) atoms. The monoisotopic (exact) mass is 237 g/mol. The fourth-order valence-electron chi connectivity index (χ4n) is 1.36. The lowest BCUT2D eigenvalue weighted by atomic mass is 10.3. The smallest absolute Gasteiger partial charge is 0.327 e. The van der Waals surface area contributed by atoms with Crippen molar-refractivity contribution >= 4 is 17.5 Å². The Hall–Kier alpha value is -1.78. The molecule has 0 radical (unpaired) electrons. The maximum atomic E-state index is 11.3. The Labute approximate surface area is 102 Å². The standard InChI is InChI=1S/C12H19N3O2/c1-4-6-13-11-8-10(5-7-14-11)15-9(2)12(16)17-3/h5,7-9H,4,6H2,1-3H3,(H2,13,14,15). The topological polar surface area (TPSA) is 63.2 Å². The van der Waals surface area contributed by atoms with E-state index < -0.39 is 0 Å². The van der Waals surface area contributed by atoms with Gasteiger partial charge < -0.3 is 15.4 Å². The van der Waals surface area contributed by atoms with E-state index in [-0.39, 0.29) is 12.0 Å². The fourth-order valence-corrected chi connectivity index (χ4v) is 1.36. The lowest BCUT2D eigenvalue weighted by Gasteiger charge is -2.13. The largest absolute Gasteiger partial charge is 0.467 e. The van der Waals surface area contributed by atoms with Crippen molar-refractivity contribution in [1.29, 1.82) is 0 Å². The molecule has 1 rings (SSSR count). The summed E-state index contributed by atoms with van der Waals surface area (Å²) in [5.41, 5.74) is 0.844. The third kappa shape index (κ3) is 4.30. The lowest BCUT2D eigenvalue weighted by Crippen LogP contribution is -2.27. The molecule has 1 aromatic heterocycles. The van der Waals surface area contributed by atoms with E-state index in [1.165, 1.54) is 7.11 Å². The Morgan fingerprint density at radius 2 is 2.35 bits per heavy atom. The van der Waals surface area contributed by atoms with E-state index in [1.54, 1.807) is 13.1 Å². The SMILES string of the molecule is CCCNc1cc(NC(C)C(=O)OC)ccn1. The summed E-state index contributed by atoms with van der Waals surface area (Å²) >= 11 is 0. The van der Waals surface area contributed by atoms with Crippen molar-refractivity contribution in [3.63, 3.8) is 0 Å². The number of esters is 1. The van der Waals surface area contributed by atoms with Gasteiger partial charge in [-0.3, -0.25) is 0 Å². The molecule has 0 aromatic carbocycles. The van der Waals surface area contributed by atoms with Gasteiger partial charge in [0.05, 0.1) is 7.11 Å². The Kier molecular flexibility index (Phi) is 5.26. The number of hydrogen-bond acceptors (Lipinski definition) is 5. The maximum Gasteiger partial charge on any atom is 0.327 e. The summed E-state index contributed by atoms with van der Waals surface area (Å²) in [6.07, 6.45) is 2.74. The molecule has 5 heteroatoms. The minimum atomic E-state index is -0.374. The highest BCUT2D eigenvalue weighted by atomic mass is 16.5. The van der Waals surface area contributed by atoms with Crippen LogP contribution in [0.15, 0.2) is 18.3 Å². The molecule has 0 aliphatic rings. The summed E-state index contributed by atoms with van der Waals surface area (Å²) < 4.78 is 4.65. The Balaban J connectivity index is 2.62. The van der Waals surface area contributed by atoms with E-state index >= 15 is 0 Å².